The number of carboxylic acid groups (broad SMARTS) is 1. The van der Waals surface area contributed by atoms with Gasteiger partial charge in [-0.3, -0.25) is 9.89 Å². The summed E-state index contributed by atoms with van der Waals surface area (Å²) in [5, 5.41) is 18.1. The second kappa shape index (κ2) is 6.17. The first-order chi connectivity index (χ1) is 9.99. The minimum absolute atomic E-state index is 0.205. The van der Waals surface area contributed by atoms with Crippen molar-refractivity contribution in [3.05, 3.63) is 36.2 Å². The van der Waals surface area contributed by atoms with Crippen molar-refractivity contribution >= 4 is 11.9 Å². The van der Waals surface area contributed by atoms with Crippen LogP contribution in [0.25, 0.3) is 11.4 Å². The van der Waals surface area contributed by atoms with E-state index in [1.807, 2.05) is 0 Å². The molecule has 2 aromatic rings. The molecule has 1 aromatic heterocycles. The maximum absolute atomic E-state index is 12.2. The molecule has 1 heterocycles. The predicted molar refractivity (Wildman–Crippen MR) is 75.5 cm³/mol. The molecule has 0 aliphatic heterocycles. The van der Waals surface area contributed by atoms with Crippen molar-refractivity contribution < 1.29 is 14.7 Å². The molecule has 0 aliphatic carbocycles. The van der Waals surface area contributed by atoms with Crippen LogP contribution in [0, 0.1) is 5.92 Å². The second-order valence-electron chi connectivity index (χ2n) is 4.95. The molecule has 2 rings (SSSR count). The van der Waals surface area contributed by atoms with Crippen LogP contribution in [0.3, 0.4) is 0 Å². The van der Waals surface area contributed by atoms with Crippen molar-refractivity contribution in [3.63, 3.8) is 0 Å². The molecule has 1 atom stereocenters. The number of nitrogens with zero attached hydrogens (tertiary/aromatic N) is 2. The average molecular weight is 288 g/mol. The smallest absolute Gasteiger partial charge is 0.326 e. The molecule has 0 spiro atoms. The molecule has 0 radical (unpaired) electrons. The minimum Gasteiger partial charge on any atom is -0.480 e. The lowest BCUT2D eigenvalue weighted by Gasteiger charge is -2.18. The Kier molecular flexibility index (Phi) is 4.32. The Morgan fingerprint density at radius 1 is 1.33 bits per heavy atom. The van der Waals surface area contributed by atoms with Gasteiger partial charge in [0.15, 0.2) is 5.82 Å². The Labute approximate surface area is 121 Å². The number of carbonyl (C=O) groups is 2. The molecule has 0 bridgehead atoms. The van der Waals surface area contributed by atoms with Gasteiger partial charge in [-0.1, -0.05) is 26.0 Å². The summed E-state index contributed by atoms with van der Waals surface area (Å²) < 4.78 is 0. The summed E-state index contributed by atoms with van der Waals surface area (Å²) >= 11 is 0. The number of aromatic amines is 1. The second-order valence-corrected chi connectivity index (χ2v) is 4.95. The summed E-state index contributed by atoms with van der Waals surface area (Å²) in [4.78, 5) is 27.3. The lowest BCUT2D eigenvalue weighted by molar-refractivity contribution is -0.140. The molecule has 0 unspecified atom stereocenters. The van der Waals surface area contributed by atoms with Crippen molar-refractivity contribution in [1.82, 2.24) is 20.5 Å². The summed E-state index contributed by atoms with van der Waals surface area (Å²) in [7, 11) is 0. The molecule has 7 heteroatoms. The molecule has 7 nitrogen and oxygen atoms in total. The van der Waals surface area contributed by atoms with Crippen LogP contribution in [-0.4, -0.2) is 38.2 Å². The largest absolute Gasteiger partial charge is 0.480 e. The van der Waals surface area contributed by atoms with E-state index in [4.69, 9.17) is 5.11 Å². The summed E-state index contributed by atoms with van der Waals surface area (Å²) in [6.07, 6.45) is 1.38. The number of benzene rings is 1. The van der Waals surface area contributed by atoms with Crippen LogP contribution in [0.5, 0.6) is 0 Å². The minimum atomic E-state index is -1.05. The van der Waals surface area contributed by atoms with Crippen LogP contribution in [-0.2, 0) is 4.79 Å². The molecule has 3 N–H and O–H groups in total. The number of nitrogens with one attached hydrogen (secondary N) is 2. The Hall–Kier alpha value is -2.70. The molecule has 1 amide bonds. The Morgan fingerprint density at radius 2 is 2.10 bits per heavy atom. The lowest BCUT2D eigenvalue weighted by Crippen LogP contribution is -2.44. The van der Waals surface area contributed by atoms with E-state index in [9.17, 15) is 9.59 Å². The highest BCUT2D eigenvalue weighted by Gasteiger charge is 2.24. The Bertz CT molecular complexity index is 637. The number of hydrogen-bond donors (Lipinski definition) is 3. The van der Waals surface area contributed by atoms with E-state index in [0.29, 0.717) is 17.0 Å². The van der Waals surface area contributed by atoms with Crippen LogP contribution in [0.15, 0.2) is 30.6 Å². The molecule has 21 heavy (non-hydrogen) atoms. The van der Waals surface area contributed by atoms with Gasteiger partial charge < -0.3 is 10.4 Å². The van der Waals surface area contributed by atoms with Gasteiger partial charge in [0.25, 0.3) is 5.91 Å². The van der Waals surface area contributed by atoms with E-state index in [-0.39, 0.29) is 5.92 Å². The SMILES string of the molecule is CC(C)[C@H](NC(=O)c1cccc(-c2ncn[nH]2)c1)C(=O)O. The fourth-order valence-corrected chi connectivity index (χ4v) is 1.89. The number of carbonyl (C=O) groups excluding carboxylic acids is 1. The first-order valence-electron chi connectivity index (χ1n) is 6.48. The van der Waals surface area contributed by atoms with Gasteiger partial charge in [-0.2, -0.15) is 5.10 Å². The monoisotopic (exact) mass is 288 g/mol. The van der Waals surface area contributed by atoms with E-state index < -0.39 is 17.9 Å². The zero-order chi connectivity index (χ0) is 15.4. The average Bonchev–Trinajstić information content (AvgIpc) is 2.98. The molecular weight excluding hydrogens is 272 g/mol. The predicted octanol–water partition coefficient (Wildman–Crippen LogP) is 1.31. The van der Waals surface area contributed by atoms with Crippen LogP contribution < -0.4 is 5.32 Å². The van der Waals surface area contributed by atoms with Crippen molar-refractivity contribution in [2.45, 2.75) is 19.9 Å². The fraction of sp³-hybridized carbons (Fsp3) is 0.286. The summed E-state index contributed by atoms with van der Waals surface area (Å²) in [6.45, 7) is 3.48. The number of carboxylic acids is 1. The van der Waals surface area contributed by atoms with Crippen LogP contribution in [0.1, 0.15) is 24.2 Å². The molecule has 0 saturated carbocycles. The van der Waals surface area contributed by atoms with E-state index in [0.717, 1.165) is 0 Å². The summed E-state index contributed by atoms with van der Waals surface area (Å²) in [5.41, 5.74) is 1.08. The lowest BCUT2D eigenvalue weighted by atomic mass is 10.0. The molecule has 110 valence electrons. The zero-order valence-electron chi connectivity index (χ0n) is 11.7. The van der Waals surface area contributed by atoms with Gasteiger partial charge in [0, 0.05) is 11.1 Å². The van der Waals surface area contributed by atoms with Crippen LogP contribution >= 0.6 is 0 Å². The zero-order valence-corrected chi connectivity index (χ0v) is 11.7. The number of rotatable bonds is 5. The van der Waals surface area contributed by atoms with Crippen molar-refractivity contribution in [2.75, 3.05) is 0 Å². The topological polar surface area (TPSA) is 108 Å². The summed E-state index contributed by atoms with van der Waals surface area (Å²) in [5.74, 6) is -1.14. The quantitative estimate of drug-likeness (QED) is 0.768. The Morgan fingerprint density at radius 3 is 2.67 bits per heavy atom. The van der Waals surface area contributed by atoms with Gasteiger partial charge in [0.05, 0.1) is 0 Å². The van der Waals surface area contributed by atoms with Crippen molar-refractivity contribution in [3.8, 4) is 11.4 Å². The van der Waals surface area contributed by atoms with Crippen LogP contribution in [0.2, 0.25) is 0 Å². The van der Waals surface area contributed by atoms with E-state index in [1.54, 1.807) is 38.1 Å². The third-order valence-corrected chi connectivity index (χ3v) is 3.03. The number of aliphatic carboxylic acids is 1. The fourth-order valence-electron chi connectivity index (χ4n) is 1.89. The number of aromatic nitrogens is 3. The van der Waals surface area contributed by atoms with E-state index >= 15 is 0 Å². The number of hydrogen-bond acceptors (Lipinski definition) is 4. The number of amides is 1. The molecule has 0 fully saturated rings. The Balaban J connectivity index is 2.20. The molecule has 0 saturated heterocycles. The maximum atomic E-state index is 12.2. The molecule has 1 aromatic carbocycles. The van der Waals surface area contributed by atoms with E-state index in [1.165, 1.54) is 6.33 Å². The van der Waals surface area contributed by atoms with Gasteiger partial charge >= 0.3 is 5.97 Å². The molecular formula is C14H16N4O3. The number of H-pyrrole nitrogens is 1. The van der Waals surface area contributed by atoms with Gasteiger partial charge in [-0.15, -0.1) is 0 Å². The first kappa shape index (κ1) is 14.7. The van der Waals surface area contributed by atoms with Crippen molar-refractivity contribution in [2.24, 2.45) is 5.92 Å². The summed E-state index contributed by atoms with van der Waals surface area (Å²) in [6, 6.07) is 5.82. The van der Waals surface area contributed by atoms with Gasteiger partial charge in [0.1, 0.15) is 12.4 Å². The van der Waals surface area contributed by atoms with E-state index in [2.05, 4.69) is 20.5 Å². The van der Waals surface area contributed by atoms with Crippen molar-refractivity contribution in [1.29, 1.82) is 0 Å². The van der Waals surface area contributed by atoms with Crippen LogP contribution in [0.4, 0.5) is 0 Å². The maximum Gasteiger partial charge on any atom is 0.326 e. The third-order valence-electron chi connectivity index (χ3n) is 3.03. The highest BCUT2D eigenvalue weighted by Crippen LogP contribution is 2.15. The van der Waals surface area contributed by atoms with Gasteiger partial charge in [0.2, 0.25) is 0 Å². The van der Waals surface area contributed by atoms with Gasteiger partial charge in [-0.25, -0.2) is 9.78 Å². The first-order valence-corrected chi connectivity index (χ1v) is 6.48. The normalized spacial score (nSPS) is 12.1. The highest BCUT2D eigenvalue weighted by molar-refractivity contribution is 5.97. The molecule has 0 aliphatic rings. The van der Waals surface area contributed by atoms with Gasteiger partial charge in [-0.05, 0) is 18.1 Å². The standard InChI is InChI=1S/C14H16N4O3/c1-8(2)11(14(20)21)17-13(19)10-5-3-4-9(6-10)12-15-7-16-18-12/h3-8,11H,1-2H3,(H,17,19)(H,20,21)(H,15,16,18)/t11-/m0/s1. The highest BCUT2D eigenvalue weighted by atomic mass is 16.4. The third kappa shape index (κ3) is 3.44.